The van der Waals surface area contributed by atoms with Crippen molar-refractivity contribution in [2.45, 2.75) is 196 Å². The first-order valence-electron chi connectivity index (χ1n) is 19.4. The standard InChI is InChI=1S/C12H11O2P.3C10H22/c1-3-7-11(8-4-1)13-15-14-12-9-5-2-6-10-12;3*1-3-5-7-9-10-8-6-4-2/h1-10,15H;3*3-10H2,1-2H3. The molecule has 0 spiro atoms. The van der Waals surface area contributed by atoms with E-state index in [4.69, 9.17) is 9.05 Å². The van der Waals surface area contributed by atoms with Crippen molar-refractivity contribution in [3.63, 3.8) is 0 Å². The van der Waals surface area contributed by atoms with Crippen LogP contribution < -0.4 is 9.05 Å². The molecule has 2 aromatic rings. The van der Waals surface area contributed by atoms with Crippen molar-refractivity contribution in [2.75, 3.05) is 0 Å². The van der Waals surface area contributed by atoms with E-state index in [1.165, 1.54) is 154 Å². The summed E-state index contributed by atoms with van der Waals surface area (Å²) >= 11 is 0. The number of hydrogen-bond acceptors (Lipinski definition) is 2. The zero-order chi connectivity index (χ0) is 33.3. The van der Waals surface area contributed by atoms with Gasteiger partial charge in [0, 0.05) is 0 Å². The Hall–Kier alpha value is -1.53. The van der Waals surface area contributed by atoms with E-state index in [1.54, 1.807) is 0 Å². The van der Waals surface area contributed by atoms with Gasteiger partial charge in [-0.25, -0.2) is 0 Å². The molecule has 2 rings (SSSR count). The Morgan fingerprint density at radius 2 is 0.511 bits per heavy atom. The van der Waals surface area contributed by atoms with Gasteiger partial charge in [-0.15, -0.1) is 0 Å². The average molecular weight is 645 g/mol. The highest BCUT2D eigenvalue weighted by molar-refractivity contribution is 7.27. The predicted molar refractivity (Wildman–Crippen MR) is 207 cm³/mol. The van der Waals surface area contributed by atoms with Gasteiger partial charge in [0.05, 0.1) is 0 Å². The minimum atomic E-state index is -0.0129. The predicted octanol–water partition coefficient (Wildman–Crippen LogP) is 16.1. The molecule has 262 valence electrons. The summed E-state index contributed by atoms with van der Waals surface area (Å²) in [4.78, 5) is 0. The van der Waals surface area contributed by atoms with Crippen LogP contribution in [0.4, 0.5) is 0 Å². The molecule has 0 fully saturated rings. The summed E-state index contributed by atoms with van der Waals surface area (Å²) in [6.07, 6.45) is 34.4. The van der Waals surface area contributed by atoms with E-state index in [1.807, 2.05) is 60.7 Å². The topological polar surface area (TPSA) is 18.5 Å². The third-order valence-corrected chi connectivity index (χ3v) is 8.31. The van der Waals surface area contributed by atoms with Crippen LogP contribution >= 0.6 is 9.03 Å². The lowest BCUT2D eigenvalue weighted by molar-refractivity contribution is 0.516. The number of para-hydroxylation sites is 2. The highest BCUT2D eigenvalue weighted by Crippen LogP contribution is 2.24. The third-order valence-electron chi connectivity index (χ3n) is 7.68. The Bertz CT molecular complexity index is 635. The summed E-state index contributed by atoms with van der Waals surface area (Å²) in [6.45, 7) is 13.6. The Morgan fingerprint density at radius 1 is 0.311 bits per heavy atom. The average Bonchev–Trinajstić information content (AvgIpc) is 3.08. The van der Waals surface area contributed by atoms with Crippen LogP contribution in [0.2, 0.25) is 0 Å². The van der Waals surface area contributed by atoms with Crippen molar-refractivity contribution < 1.29 is 9.05 Å². The van der Waals surface area contributed by atoms with Crippen LogP contribution in [0.25, 0.3) is 0 Å². The minimum Gasteiger partial charge on any atom is -0.441 e. The van der Waals surface area contributed by atoms with E-state index in [9.17, 15) is 0 Å². The maximum atomic E-state index is 5.42. The third kappa shape index (κ3) is 40.4. The summed E-state index contributed by atoms with van der Waals surface area (Å²) < 4.78 is 10.8. The lowest BCUT2D eigenvalue weighted by Crippen LogP contribution is -1.83. The molecule has 0 radical (unpaired) electrons. The van der Waals surface area contributed by atoms with Crippen molar-refractivity contribution in [3.8, 4) is 11.5 Å². The molecule has 0 aliphatic rings. The Labute approximate surface area is 285 Å². The first kappa shape index (κ1) is 45.6. The summed E-state index contributed by atoms with van der Waals surface area (Å²) in [5, 5.41) is 0. The van der Waals surface area contributed by atoms with E-state index < -0.39 is 0 Å². The Kier molecular flexibility index (Phi) is 43.0. The van der Waals surface area contributed by atoms with Crippen LogP contribution in [0, 0.1) is 0 Å². The smallest absolute Gasteiger partial charge is 0.275 e. The number of rotatable bonds is 25. The van der Waals surface area contributed by atoms with E-state index >= 15 is 0 Å². The van der Waals surface area contributed by atoms with Crippen molar-refractivity contribution in [1.82, 2.24) is 0 Å². The summed E-state index contributed by atoms with van der Waals surface area (Å²) in [7, 11) is -0.0129. The van der Waals surface area contributed by atoms with E-state index in [0.29, 0.717) is 0 Å². The van der Waals surface area contributed by atoms with Gasteiger partial charge in [-0.1, -0.05) is 232 Å². The zero-order valence-corrected chi connectivity index (χ0v) is 32.1. The first-order valence-corrected chi connectivity index (χ1v) is 20.2. The molecule has 0 saturated heterocycles. The monoisotopic (exact) mass is 645 g/mol. The SMILES string of the molecule is CCCCCCCCCC.CCCCCCCCCC.CCCCCCCCCC.c1ccc(OPOc2ccccc2)cc1. The van der Waals surface area contributed by atoms with Gasteiger partial charge in [-0.2, -0.15) is 0 Å². The Balaban J connectivity index is 0. The van der Waals surface area contributed by atoms with E-state index in [-0.39, 0.29) is 9.03 Å². The molecule has 45 heavy (non-hydrogen) atoms. The van der Waals surface area contributed by atoms with Crippen molar-refractivity contribution in [2.24, 2.45) is 0 Å². The molecule has 3 heteroatoms. The minimum absolute atomic E-state index is 0.0129. The molecule has 0 heterocycles. The van der Waals surface area contributed by atoms with Crippen molar-refractivity contribution >= 4 is 9.03 Å². The second-order valence-corrected chi connectivity index (χ2v) is 12.9. The summed E-state index contributed by atoms with van der Waals surface area (Å²) in [5.74, 6) is 1.65. The lowest BCUT2D eigenvalue weighted by Gasteiger charge is -2.06. The largest absolute Gasteiger partial charge is 0.441 e. The lowest BCUT2D eigenvalue weighted by atomic mass is 10.1. The molecule has 2 aromatic carbocycles. The van der Waals surface area contributed by atoms with Crippen LogP contribution in [-0.4, -0.2) is 0 Å². The molecular weight excluding hydrogens is 567 g/mol. The number of benzene rings is 2. The maximum absolute atomic E-state index is 5.42. The van der Waals surface area contributed by atoms with Gasteiger partial charge in [0.25, 0.3) is 9.03 Å². The second-order valence-electron chi connectivity index (χ2n) is 12.3. The van der Waals surface area contributed by atoms with Crippen LogP contribution in [0.1, 0.15) is 196 Å². The molecule has 0 aliphatic heterocycles. The molecular formula is C42H77O2P. The summed E-state index contributed by atoms with van der Waals surface area (Å²) in [6, 6.07) is 19.3. The fraction of sp³-hybridized carbons (Fsp3) is 0.714. The van der Waals surface area contributed by atoms with E-state index in [2.05, 4.69) is 41.5 Å². The maximum Gasteiger partial charge on any atom is 0.275 e. The van der Waals surface area contributed by atoms with Gasteiger partial charge >= 0.3 is 0 Å². The second kappa shape index (κ2) is 42.5. The van der Waals surface area contributed by atoms with Crippen LogP contribution in [0.5, 0.6) is 11.5 Å². The fourth-order valence-corrected chi connectivity index (χ4v) is 5.22. The molecule has 0 atom stereocenters. The molecule has 0 bridgehead atoms. The van der Waals surface area contributed by atoms with Crippen LogP contribution in [0.3, 0.4) is 0 Å². The molecule has 0 N–H and O–H groups in total. The van der Waals surface area contributed by atoms with E-state index in [0.717, 1.165) is 11.5 Å². The van der Waals surface area contributed by atoms with Crippen molar-refractivity contribution in [3.05, 3.63) is 60.7 Å². The van der Waals surface area contributed by atoms with Crippen molar-refractivity contribution in [1.29, 1.82) is 0 Å². The fourth-order valence-electron chi connectivity index (χ4n) is 4.72. The van der Waals surface area contributed by atoms with Crippen LogP contribution in [-0.2, 0) is 0 Å². The molecule has 0 aliphatic carbocycles. The van der Waals surface area contributed by atoms with Gasteiger partial charge in [0.1, 0.15) is 11.5 Å². The van der Waals surface area contributed by atoms with Gasteiger partial charge < -0.3 is 9.05 Å². The van der Waals surface area contributed by atoms with Gasteiger partial charge in [-0.3, -0.25) is 0 Å². The summed E-state index contributed by atoms with van der Waals surface area (Å²) in [5.41, 5.74) is 0. The van der Waals surface area contributed by atoms with Crippen LogP contribution in [0.15, 0.2) is 60.7 Å². The molecule has 0 amide bonds. The normalized spacial score (nSPS) is 10.0. The molecule has 2 nitrogen and oxygen atoms in total. The zero-order valence-electron chi connectivity index (χ0n) is 31.1. The Morgan fingerprint density at radius 3 is 0.711 bits per heavy atom. The number of unbranched alkanes of at least 4 members (excludes halogenated alkanes) is 21. The molecule has 0 saturated carbocycles. The highest BCUT2D eigenvalue weighted by atomic mass is 31.1. The van der Waals surface area contributed by atoms with Gasteiger partial charge in [0.2, 0.25) is 0 Å². The quantitative estimate of drug-likeness (QED) is 0.0791. The number of hydrogen-bond donors (Lipinski definition) is 0. The highest BCUT2D eigenvalue weighted by Gasteiger charge is 1.94. The molecule has 0 aromatic heterocycles. The molecule has 0 unspecified atom stereocenters. The first-order chi connectivity index (χ1) is 22.2. The van der Waals surface area contributed by atoms with Gasteiger partial charge in [-0.05, 0) is 24.3 Å². The van der Waals surface area contributed by atoms with Gasteiger partial charge in [0.15, 0.2) is 0 Å².